The maximum Gasteiger partial charge on any atom is 0.219 e. The molecule has 1 heterocycles. The number of aliphatic imine (C=N–C) groups is 1. The van der Waals surface area contributed by atoms with Crippen LogP contribution in [0.1, 0.15) is 32.8 Å². The molecule has 152 valence electrons. The number of rotatable bonds is 7. The highest BCUT2D eigenvalue weighted by Gasteiger charge is 2.20. The van der Waals surface area contributed by atoms with E-state index in [-0.39, 0.29) is 29.9 Å². The van der Waals surface area contributed by atoms with Crippen LogP contribution in [-0.2, 0) is 11.2 Å². The molecular weight excluding hydrogens is 455 g/mol. The predicted octanol–water partition coefficient (Wildman–Crippen LogP) is 2.77. The van der Waals surface area contributed by atoms with Gasteiger partial charge in [-0.2, -0.15) is 0 Å². The van der Waals surface area contributed by atoms with Crippen LogP contribution in [-0.4, -0.2) is 67.5 Å². The lowest BCUT2D eigenvalue weighted by atomic mass is 10.1. The first-order valence-electron chi connectivity index (χ1n) is 9.64. The largest absolute Gasteiger partial charge is 0.494 e. The maximum absolute atomic E-state index is 11.5. The molecule has 0 aromatic heterocycles. The first kappa shape index (κ1) is 23.5. The first-order chi connectivity index (χ1) is 12.6. The van der Waals surface area contributed by atoms with Crippen LogP contribution in [0.25, 0.3) is 0 Å². The molecule has 1 saturated heterocycles. The molecule has 0 radical (unpaired) electrons. The van der Waals surface area contributed by atoms with Crippen molar-refractivity contribution in [3.8, 4) is 5.75 Å². The third-order valence-corrected chi connectivity index (χ3v) is 4.39. The average molecular weight is 488 g/mol. The van der Waals surface area contributed by atoms with Gasteiger partial charge in [-0.15, -0.1) is 24.0 Å². The number of benzene rings is 1. The van der Waals surface area contributed by atoms with Gasteiger partial charge in [-0.3, -0.25) is 9.79 Å². The fraction of sp³-hybridized carbons (Fsp3) is 0.600. The summed E-state index contributed by atoms with van der Waals surface area (Å²) >= 11 is 0. The van der Waals surface area contributed by atoms with Crippen LogP contribution in [0.15, 0.2) is 29.3 Å². The van der Waals surface area contributed by atoms with Crippen LogP contribution < -0.4 is 10.1 Å². The van der Waals surface area contributed by atoms with Gasteiger partial charge in [0.05, 0.1) is 6.61 Å². The van der Waals surface area contributed by atoms with Gasteiger partial charge in [-0.25, -0.2) is 0 Å². The van der Waals surface area contributed by atoms with E-state index in [0.29, 0.717) is 0 Å². The van der Waals surface area contributed by atoms with Crippen molar-refractivity contribution in [3.05, 3.63) is 29.8 Å². The third-order valence-electron chi connectivity index (χ3n) is 4.39. The van der Waals surface area contributed by atoms with E-state index in [0.717, 1.165) is 70.4 Å². The summed E-state index contributed by atoms with van der Waals surface area (Å²) in [5, 5.41) is 3.37. The zero-order valence-electron chi connectivity index (χ0n) is 16.7. The van der Waals surface area contributed by atoms with Crippen molar-refractivity contribution in [1.82, 2.24) is 15.1 Å². The summed E-state index contributed by atoms with van der Waals surface area (Å²) in [7, 11) is 0. The lowest BCUT2D eigenvalue weighted by molar-refractivity contribution is -0.130. The molecule has 0 unspecified atom stereocenters. The molecule has 7 heteroatoms. The number of amides is 1. The number of carbonyl (C=O) groups excluding carboxylic acids is 1. The maximum atomic E-state index is 11.5. The van der Waals surface area contributed by atoms with E-state index < -0.39 is 0 Å². The predicted molar refractivity (Wildman–Crippen MR) is 121 cm³/mol. The van der Waals surface area contributed by atoms with Crippen molar-refractivity contribution in [2.24, 2.45) is 4.99 Å². The second kappa shape index (κ2) is 12.8. The van der Waals surface area contributed by atoms with Gasteiger partial charge in [0.15, 0.2) is 5.96 Å². The topological polar surface area (TPSA) is 57.2 Å². The molecule has 0 aliphatic carbocycles. The fourth-order valence-corrected chi connectivity index (χ4v) is 2.96. The lowest BCUT2D eigenvalue weighted by Crippen LogP contribution is -2.53. The summed E-state index contributed by atoms with van der Waals surface area (Å²) in [4.78, 5) is 20.4. The number of nitrogens with zero attached hydrogens (tertiary/aromatic N) is 3. The molecule has 1 aliphatic rings. The van der Waals surface area contributed by atoms with Gasteiger partial charge < -0.3 is 19.9 Å². The summed E-state index contributed by atoms with van der Waals surface area (Å²) in [6.07, 6.45) is 1.89. The van der Waals surface area contributed by atoms with Crippen LogP contribution in [0, 0.1) is 0 Å². The van der Waals surface area contributed by atoms with E-state index in [1.54, 1.807) is 6.92 Å². The Morgan fingerprint density at radius 2 is 1.89 bits per heavy atom. The first-order valence-corrected chi connectivity index (χ1v) is 9.64. The van der Waals surface area contributed by atoms with Crippen LogP contribution in [0.4, 0.5) is 0 Å². The zero-order valence-corrected chi connectivity index (χ0v) is 19.1. The summed E-state index contributed by atoms with van der Waals surface area (Å²) in [6.45, 7) is 11.3. The van der Waals surface area contributed by atoms with Gasteiger partial charge in [0, 0.05) is 46.2 Å². The van der Waals surface area contributed by atoms with Crippen LogP contribution >= 0.6 is 24.0 Å². The van der Waals surface area contributed by atoms with Crippen molar-refractivity contribution in [2.75, 3.05) is 45.9 Å². The molecule has 0 spiro atoms. The molecule has 0 saturated carbocycles. The highest BCUT2D eigenvalue weighted by atomic mass is 127. The monoisotopic (exact) mass is 488 g/mol. The molecule has 1 aromatic carbocycles. The average Bonchev–Trinajstić information content (AvgIpc) is 2.66. The van der Waals surface area contributed by atoms with Gasteiger partial charge >= 0.3 is 0 Å². The van der Waals surface area contributed by atoms with E-state index in [4.69, 9.17) is 9.73 Å². The number of nitrogens with one attached hydrogen (secondary N) is 1. The Morgan fingerprint density at radius 1 is 1.19 bits per heavy atom. The molecule has 6 nitrogen and oxygen atoms in total. The van der Waals surface area contributed by atoms with E-state index >= 15 is 0 Å². The number of guanidine groups is 1. The lowest BCUT2D eigenvalue weighted by Gasteiger charge is -2.36. The Bertz CT molecular complexity index is 601. The molecule has 0 bridgehead atoms. The van der Waals surface area contributed by atoms with Gasteiger partial charge in [-0.1, -0.05) is 19.1 Å². The molecule has 1 aromatic rings. The molecule has 1 fully saturated rings. The Balaban J connectivity index is 0.00000364. The van der Waals surface area contributed by atoms with Crippen LogP contribution in [0.3, 0.4) is 0 Å². The van der Waals surface area contributed by atoms with Crippen LogP contribution in [0.5, 0.6) is 5.75 Å². The minimum absolute atomic E-state index is 0. The van der Waals surface area contributed by atoms with Crippen molar-refractivity contribution in [3.63, 3.8) is 0 Å². The second-order valence-electron chi connectivity index (χ2n) is 6.47. The van der Waals surface area contributed by atoms with Gasteiger partial charge in [-0.05, 0) is 37.5 Å². The Morgan fingerprint density at radius 3 is 2.52 bits per heavy atom. The van der Waals surface area contributed by atoms with Crippen molar-refractivity contribution < 1.29 is 9.53 Å². The van der Waals surface area contributed by atoms with Gasteiger partial charge in [0.2, 0.25) is 5.91 Å². The van der Waals surface area contributed by atoms with Gasteiger partial charge in [0.25, 0.3) is 0 Å². The SMILES string of the molecule is CCCOc1cccc(CCN=C(NCC)N2CCN(C(C)=O)CC2)c1.I. The number of carbonyl (C=O) groups is 1. The second-order valence-corrected chi connectivity index (χ2v) is 6.47. The minimum Gasteiger partial charge on any atom is -0.494 e. The van der Waals surface area contributed by atoms with Crippen molar-refractivity contribution >= 4 is 35.8 Å². The molecule has 1 N–H and O–H groups in total. The molecule has 1 amide bonds. The minimum atomic E-state index is 0. The molecule has 1 aliphatic heterocycles. The standard InChI is InChI=1S/C20H32N4O2.HI/c1-4-15-26-19-8-6-7-18(16-19)9-10-22-20(21-5-2)24-13-11-23(12-14-24)17(3)25;/h6-8,16H,4-5,9-15H2,1-3H3,(H,21,22);1H. The zero-order chi connectivity index (χ0) is 18.8. The summed E-state index contributed by atoms with van der Waals surface area (Å²) in [5.41, 5.74) is 1.24. The summed E-state index contributed by atoms with van der Waals surface area (Å²) in [5.74, 6) is 2.02. The molecule has 27 heavy (non-hydrogen) atoms. The molecule has 2 rings (SSSR count). The van der Waals surface area contributed by atoms with Crippen molar-refractivity contribution in [2.45, 2.75) is 33.6 Å². The van der Waals surface area contributed by atoms with E-state index in [1.165, 1.54) is 5.56 Å². The Kier molecular flexibility index (Phi) is 11.2. The normalized spacial score (nSPS) is 14.6. The highest BCUT2D eigenvalue weighted by Crippen LogP contribution is 2.14. The summed E-state index contributed by atoms with van der Waals surface area (Å²) in [6, 6.07) is 8.26. The van der Waals surface area contributed by atoms with Crippen LogP contribution in [0.2, 0.25) is 0 Å². The number of hydrogen-bond acceptors (Lipinski definition) is 3. The quantitative estimate of drug-likeness (QED) is 0.365. The molecular formula is C20H33IN4O2. The Labute approximate surface area is 180 Å². The molecule has 0 atom stereocenters. The van der Waals surface area contributed by atoms with E-state index in [2.05, 4.69) is 36.2 Å². The number of hydrogen-bond donors (Lipinski definition) is 1. The van der Waals surface area contributed by atoms with E-state index in [9.17, 15) is 4.79 Å². The summed E-state index contributed by atoms with van der Waals surface area (Å²) < 4.78 is 5.70. The third kappa shape index (κ3) is 7.94. The number of piperazine rings is 1. The smallest absolute Gasteiger partial charge is 0.219 e. The highest BCUT2D eigenvalue weighted by molar-refractivity contribution is 14.0. The van der Waals surface area contributed by atoms with Crippen molar-refractivity contribution in [1.29, 1.82) is 0 Å². The number of ether oxygens (including phenoxy) is 1. The van der Waals surface area contributed by atoms with E-state index in [1.807, 2.05) is 17.0 Å². The number of halogens is 1. The van der Waals surface area contributed by atoms with Gasteiger partial charge in [0.1, 0.15) is 5.75 Å². The Hall–Kier alpha value is -1.51. The fourth-order valence-electron chi connectivity index (χ4n) is 2.96.